The zero-order chi connectivity index (χ0) is 31.0. The van der Waals surface area contributed by atoms with E-state index < -0.39 is 11.6 Å². The Balaban J connectivity index is 1.81. The van der Waals surface area contributed by atoms with Crippen molar-refractivity contribution in [2.24, 2.45) is 11.8 Å². The van der Waals surface area contributed by atoms with Crippen LogP contribution < -0.4 is 14.2 Å². The summed E-state index contributed by atoms with van der Waals surface area (Å²) < 4.78 is 46.9. The van der Waals surface area contributed by atoms with Crippen LogP contribution in [0, 0.1) is 41.7 Å². The van der Waals surface area contributed by atoms with Crippen LogP contribution in [0.1, 0.15) is 72.6 Å². The van der Waals surface area contributed by atoms with Crippen molar-refractivity contribution in [3.05, 3.63) is 85.9 Å². The molecule has 0 aliphatic heterocycles. The van der Waals surface area contributed by atoms with Crippen LogP contribution in [-0.2, 0) is 32.1 Å². The molecule has 42 heavy (non-hydrogen) atoms. The zero-order valence-corrected chi connectivity index (χ0v) is 26.6. The Bertz CT molecular complexity index is 1430. The van der Waals surface area contributed by atoms with Gasteiger partial charge >= 0.3 is 0 Å². The number of methoxy groups -OCH3 is 3. The molecule has 4 nitrogen and oxygen atoms in total. The molecule has 3 aromatic carbocycles. The van der Waals surface area contributed by atoms with Gasteiger partial charge in [-0.2, -0.15) is 5.26 Å². The van der Waals surface area contributed by atoms with Crippen molar-refractivity contribution >= 4 is 11.6 Å². The maximum atomic E-state index is 15.6. The minimum Gasteiger partial charge on any atom is -0.496 e. The topological polar surface area (TPSA) is 51.5 Å². The Morgan fingerprint density at radius 2 is 1.45 bits per heavy atom. The van der Waals surface area contributed by atoms with Gasteiger partial charge in [0.1, 0.15) is 5.75 Å². The third kappa shape index (κ3) is 7.75. The average Bonchev–Trinajstić information content (AvgIpc) is 2.96. The lowest BCUT2D eigenvalue weighted by Gasteiger charge is -2.20. The second-order valence-electron chi connectivity index (χ2n) is 11.4. The van der Waals surface area contributed by atoms with Gasteiger partial charge in [-0.3, -0.25) is 0 Å². The number of hydrogen-bond acceptors (Lipinski definition) is 4. The fraction of sp³-hybridized carbons (Fsp3) is 0.457. The number of ether oxygens (including phenoxy) is 3. The molecule has 1 unspecified atom stereocenters. The fourth-order valence-corrected chi connectivity index (χ4v) is 5.87. The van der Waals surface area contributed by atoms with Crippen LogP contribution in [-0.4, -0.2) is 21.3 Å². The smallest absolute Gasteiger partial charge is 0.171 e. The Morgan fingerprint density at radius 1 is 0.786 bits per heavy atom. The van der Waals surface area contributed by atoms with E-state index >= 15 is 8.78 Å². The summed E-state index contributed by atoms with van der Waals surface area (Å²) in [6, 6.07) is 10.8. The number of benzene rings is 3. The Hall–Kier alpha value is -3.30. The van der Waals surface area contributed by atoms with Crippen LogP contribution >= 0.6 is 11.6 Å². The molecule has 226 valence electrons. The lowest BCUT2D eigenvalue weighted by molar-refractivity contribution is 0.364. The van der Waals surface area contributed by atoms with Gasteiger partial charge in [0.25, 0.3) is 0 Å². The maximum absolute atomic E-state index is 15.6. The lowest BCUT2D eigenvalue weighted by atomic mass is 9.89. The molecular formula is C35H42ClF2NO3. The molecule has 0 aliphatic carbocycles. The lowest BCUT2D eigenvalue weighted by Crippen LogP contribution is -2.11. The first-order valence-electron chi connectivity index (χ1n) is 14.5. The Labute approximate surface area is 254 Å². The summed E-state index contributed by atoms with van der Waals surface area (Å²) in [5.74, 6) is 0.247. The summed E-state index contributed by atoms with van der Waals surface area (Å²) in [6.07, 6.45) is 4.77. The van der Waals surface area contributed by atoms with Gasteiger partial charge in [-0.1, -0.05) is 38.4 Å². The van der Waals surface area contributed by atoms with Gasteiger partial charge in [0, 0.05) is 16.1 Å². The van der Waals surface area contributed by atoms with E-state index in [9.17, 15) is 5.26 Å². The molecule has 0 spiro atoms. The Kier molecular flexibility index (Phi) is 12.1. The molecule has 0 N–H and O–H groups in total. The first kappa shape index (κ1) is 33.2. The summed E-state index contributed by atoms with van der Waals surface area (Å²) in [5, 5.41) is 10.3. The molecule has 0 aliphatic rings. The first-order valence-corrected chi connectivity index (χ1v) is 14.9. The normalized spacial score (nSPS) is 11.9. The van der Waals surface area contributed by atoms with Crippen molar-refractivity contribution in [3.63, 3.8) is 0 Å². The van der Waals surface area contributed by atoms with Crippen molar-refractivity contribution in [2.75, 3.05) is 21.3 Å². The fourth-order valence-electron chi connectivity index (χ4n) is 5.69. The van der Waals surface area contributed by atoms with Crippen LogP contribution in [0.2, 0.25) is 5.02 Å². The van der Waals surface area contributed by atoms with Crippen molar-refractivity contribution in [3.8, 4) is 23.3 Å². The van der Waals surface area contributed by atoms with Gasteiger partial charge in [0.05, 0.1) is 33.0 Å². The van der Waals surface area contributed by atoms with Crippen molar-refractivity contribution in [1.82, 2.24) is 0 Å². The summed E-state index contributed by atoms with van der Waals surface area (Å²) in [5.41, 5.74) is 5.60. The first-order chi connectivity index (χ1) is 20.1. The maximum Gasteiger partial charge on any atom is 0.171 e. The van der Waals surface area contributed by atoms with Crippen LogP contribution in [0.25, 0.3) is 0 Å². The van der Waals surface area contributed by atoms with E-state index in [1.807, 2.05) is 13.0 Å². The number of unbranched alkanes of at least 4 members (excludes halogenated alkanes) is 1. The standard InChI is InChI=1S/C35H42ClF2NO3/c1-21(2)16-28-23(4)30(36)14-12-24(28)10-8-9-11-27-33(37)32(41-6)19-26(35(27)42-7)17-22(3)18-29-25(20-39)13-15-31(40-5)34(29)38/h12-15,19,21-22H,8-11,16-18H2,1-7H3. The highest BCUT2D eigenvalue weighted by atomic mass is 35.5. The van der Waals surface area contributed by atoms with Crippen LogP contribution in [0.5, 0.6) is 17.2 Å². The number of aryl methyl sites for hydroxylation is 1. The monoisotopic (exact) mass is 597 g/mol. The Morgan fingerprint density at radius 3 is 2.07 bits per heavy atom. The van der Waals surface area contributed by atoms with Gasteiger partial charge in [-0.05, 0) is 110 Å². The molecule has 0 fully saturated rings. The molecule has 7 heteroatoms. The minimum atomic E-state index is -0.528. The van der Waals surface area contributed by atoms with E-state index in [0.717, 1.165) is 41.8 Å². The molecule has 3 rings (SSSR count). The molecule has 0 saturated carbocycles. The summed E-state index contributed by atoms with van der Waals surface area (Å²) in [4.78, 5) is 0. The van der Waals surface area contributed by atoms with Crippen molar-refractivity contribution in [1.29, 1.82) is 5.26 Å². The molecular weight excluding hydrogens is 556 g/mol. The number of rotatable bonds is 14. The molecule has 0 amide bonds. The summed E-state index contributed by atoms with van der Waals surface area (Å²) >= 11 is 6.42. The van der Waals surface area contributed by atoms with E-state index in [1.54, 1.807) is 19.2 Å². The van der Waals surface area contributed by atoms with Crippen molar-refractivity contribution in [2.45, 2.75) is 72.6 Å². The molecule has 0 radical (unpaired) electrons. The van der Waals surface area contributed by atoms with E-state index in [2.05, 4.69) is 32.9 Å². The van der Waals surface area contributed by atoms with E-state index in [-0.39, 0.29) is 23.0 Å². The number of halogens is 3. The number of nitrogens with zero attached hydrogens (tertiary/aromatic N) is 1. The molecule has 0 heterocycles. The van der Waals surface area contributed by atoms with Gasteiger partial charge in [-0.15, -0.1) is 0 Å². The van der Waals surface area contributed by atoms with Crippen LogP contribution in [0.4, 0.5) is 8.78 Å². The van der Waals surface area contributed by atoms with E-state index in [4.69, 9.17) is 25.8 Å². The molecule has 0 saturated heterocycles. The average molecular weight is 598 g/mol. The predicted molar refractivity (Wildman–Crippen MR) is 165 cm³/mol. The summed E-state index contributed by atoms with van der Waals surface area (Å²) in [7, 11) is 4.39. The second kappa shape index (κ2) is 15.3. The zero-order valence-electron chi connectivity index (χ0n) is 25.8. The number of nitriles is 1. The largest absolute Gasteiger partial charge is 0.496 e. The molecule has 0 aromatic heterocycles. The molecule has 3 aromatic rings. The highest BCUT2D eigenvalue weighted by Crippen LogP contribution is 2.37. The highest BCUT2D eigenvalue weighted by molar-refractivity contribution is 6.31. The van der Waals surface area contributed by atoms with Crippen LogP contribution in [0.15, 0.2) is 30.3 Å². The van der Waals surface area contributed by atoms with E-state index in [1.165, 1.54) is 31.4 Å². The molecule has 0 bridgehead atoms. The van der Waals surface area contributed by atoms with Gasteiger partial charge in [-0.25, -0.2) is 8.78 Å². The summed E-state index contributed by atoms with van der Waals surface area (Å²) in [6.45, 7) is 8.45. The predicted octanol–water partition coefficient (Wildman–Crippen LogP) is 9.01. The highest BCUT2D eigenvalue weighted by Gasteiger charge is 2.23. The van der Waals surface area contributed by atoms with Gasteiger partial charge < -0.3 is 14.2 Å². The van der Waals surface area contributed by atoms with Gasteiger partial charge in [0.15, 0.2) is 23.1 Å². The quantitative estimate of drug-likeness (QED) is 0.174. The third-order valence-electron chi connectivity index (χ3n) is 7.81. The van der Waals surface area contributed by atoms with E-state index in [0.29, 0.717) is 42.1 Å². The number of hydrogen-bond donors (Lipinski definition) is 0. The third-order valence-corrected chi connectivity index (χ3v) is 8.22. The van der Waals surface area contributed by atoms with Gasteiger partial charge in [0.2, 0.25) is 0 Å². The second-order valence-corrected chi connectivity index (χ2v) is 11.8. The SMILES string of the molecule is COc1ccc(C#N)c(CC(C)Cc2cc(OC)c(F)c(CCCCc3ccc(Cl)c(C)c3CC(C)C)c2OC)c1F. The minimum absolute atomic E-state index is 0.0804. The molecule has 1 atom stereocenters. The van der Waals surface area contributed by atoms with Crippen molar-refractivity contribution < 1.29 is 23.0 Å². The van der Waals surface area contributed by atoms with Crippen LogP contribution in [0.3, 0.4) is 0 Å².